The highest BCUT2D eigenvalue weighted by molar-refractivity contribution is 9.10. The first kappa shape index (κ1) is 15.4. The quantitative estimate of drug-likeness (QED) is 0.814. The van der Waals surface area contributed by atoms with Crippen molar-refractivity contribution < 1.29 is 8.42 Å². The number of anilines is 2. The van der Waals surface area contributed by atoms with Gasteiger partial charge in [0.15, 0.2) is 0 Å². The number of nitriles is 1. The number of nitrogens with two attached hydrogens (primary N) is 1. The van der Waals surface area contributed by atoms with Gasteiger partial charge in [0.2, 0.25) is 10.0 Å². The van der Waals surface area contributed by atoms with Gasteiger partial charge >= 0.3 is 0 Å². The van der Waals surface area contributed by atoms with Gasteiger partial charge in [-0.15, -0.1) is 0 Å². The highest BCUT2D eigenvalue weighted by atomic mass is 79.9. The van der Waals surface area contributed by atoms with E-state index in [1.165, 1.54) is 6.07 Å². The van der Waals surface area contributed by atoms with Crippen molar-refractivity contribution >= 4 is 37.3 Å². The summed E-state index contributed by atoms with van der Waals surface area (Å²) in [5.41, 5.74) is 7.17. The maximum atomic E-state index is 12.2. The molecule has 0 aliphatic rings. The number of nitrogens with zero attached hydrogens (tertiary/aromatic N) is 1. The number of rotatable bonds is 4. The number of hydrogen-bond donors (Lipinski definition) is 2. The summed E-state index contributed by atoms with van der Waals surface area (Å²) in [4.78, 5) is 0. The maximum absolute atomic E-state index is 12.2. The Bertz CT molecular complexity index is 813. The fraction of sp³-hybridized carbons (Fsp3) is 0.0714. The summed E-state index contributed by atoms with van der Waals surface area (Å²) < 4.78 is 27.5. The van der Waals surface area contributed by atoms with Gasteiger partial charge in [0.25, 0.3) is 0 Å². The fourth-order valence-electron chi connectivity index (χ4n) is 1.77. The average Bonchev–Trinajstić information content (AvgIpc) is 2.43. The molecule has 0 aliphatic carbocycles. The van der Waals surface area contributed by atoms with E-state index in [2.05, 4.69) is 20.7 Å². The van der Waals surface area contributed by atoms with Crippen LogP contribution in [-0.2, 0) is 15.8 Å². The van der Waals surface area contributed by atoms with Crippen molar-refractivity contribution in [3.63, 3.8) is 0 Å². The van der Waals surface area contributed by atoms with Crippen molar-refractivity contribution in [1.29, 1.82) is 5.26 Å². The van der Waals surface area contributed by atoms with Crippen LogP contribution in [0.2, 0.25) is 0 Å². The molecular weight excluding hydrogens is 354 g/mol. The topological polar surface area (TPSA) is 96.0 Å². The van der Waals surface area contributed by atoms with Crippen LogP contribution in [0.15, 0.2) is 46.9 Å². The Kier molecular flexibility index (Phi) is 4.50. The van der Waals surface area contributed by atoms with Crippen LogP contribution in [0, 0.1) is 11.3 Å². The number of para-hydroxylation sites is 1. The van der Waals surface area contributed by atoms with Gasteiger partial charge in [-0.2, -0.15) is 5.26 Å². The second-order valence-corrected chi connectivity index (χ2v) is 7.00. The molecule has 0 aliphatic heterocycles. The zero-order valence-electron chi connectivity index (χ0n) is 10.9. The highest BCUT2D eigenvalue weighted by Gasteiger charge is 2.15. The normalized spacial score (nSPS) is 10.9. The lowest BCUT2D eigenvalue weighted by molar-refractivity contribution is 0.600. The summed E-state index contributed by atoms with van der Waals surface area (Å²) in [5.74, 6) is -0.249. The van der Waals surface area contributed by atoms with E-state index in [0.29, 0.717) is 15.7 Å². The van der Waals surface area contributed by atoms with Gasteiger partial charge in [-0.05, 0) is 29.8 Å². The Morgan fingerprint density at radius 3 is 2.62 bits per heavy atom. The van der Waals surface area contributed by atoms with Crippen LogP contribution in [0.3, 0.4) is 0 Å². The first-order chi connectivity index (χ1) is 9.91. The van der Waals surface area contributed by atoms with Gasteiger partial charge in [0.05, 0.1) is 17.0 Å². The molecule has 0 amide bonds. The summed E-state index contributed by atoms with van der Waals surface area (Å²) >= 11 is 3.24. The van der Waals surface area contributed by atoms with E-state index in [-0.39, 0.29) is 17.0 Å². The van der Waals surface area contributed by atoms with E-state index < -0.39 is 10.0 Å². The molecule has 0 radical (unpaired) electrons. The Balaban J connectivity index is 2.27. The summed E-state index contributed by atoms with van der Waals surface area (Å²) in [6, 6.07) is 13.5. The molecule has 0 fully saturated rings. The SMILES string of the molecule is N#Cc1cc(Br)ccc1NS(=O)(=O)Cc1ccccc1N. The minimum Gasteiger partial charge on any atom is -0.398 e. The lowest BCUT2D eigenvalue weighted by Crippen LogP contribution is -2.16. The van der Waals surface area contributed by atoms with Gasteiger partial charge < -0.3 is 5.73 Å². The molecule has 0 atom stereocenters. The van der Waals surface area contributed by atoms with Gasteiger partial charge in [-0.1, -0.05) is 34.1 Å². The van der Waals surface area contributed by atoms with E-state index in [4.69, 9.17) is 11.0 Å². The molecule has 5 nitrogen and oxygen atoms in total. The zero-order valence-corrected chi connectivity index (χ0v) is 13.3. The van der Waals surface area contributed by atoms with E-state index in [1.54, 1.807) is 36.4 Å². The van der Waals surface area contributed by atoms with Crippen molar-refractivity contribution in [3.05, 3.63) is 58.1 Å². The molecule has 2 aromatic carbocycles. The van der Waals surface area contributed by atoms with Crippen molar-refractivity contribution in [1.82, 2.24) is 0 Å². The largest absolute Gasteiger partial charge is 0.398 e. The predicted octanol–water partition coefficient (Wildman–Crippen LogP) is 2.84. The Morgan fingerprint density at radius 1 is 1.24 bits per heavy atom. The molecular formula is C14H12BrN3O2S. The van der Waals surface area contributed by atoms with Crippen molar-refractivity contribution in [2.24, 2.45) is 0 Å². The molecule has 0 aromatic heterocycles. The number of nitrogen functional groups attached to an aromatic ring is 1. The monoisotopic (exact) mass is 365 g/mol. The van der Waals surface area contributed by atoms with Crippen LogP contribution in [0.1, 0.15) is 11.1 Å². The highest BCUT2D eigenvalue weighted by Crippen LogP contribution is 2.23. The Morgan fingerprint density at radius 2 is 1.95 bits per heavy atom. The molecule has 2 aromatic rings. The molecule has 21 heavy (non-hydrogen) atoms. The van der Waals surface area contributed by atoms with E-state index >= 15 is 0 Å². The molecule has 0 saturated carbocycles. The standard InChI is InChI=1S/C14H12BrN3O2S/c15-12-5-6-14(11(7-12)8-16)18-21(19,20)9-10-3-1-2-4-13(10)17/h1-7,18H,9,17H2. The smallest absolute Gasteiger partial charge is 0.237 e. The van der Waals surface area contributed by atoms with Crippen LogP contribution in [-0.4, -0.2) is 8.42 Å². The van der Waals surface area contributed by atoms with Crippen molar-refractivity contribution in [2.75, 3.05) is 10.5 Å². The number of hydrogen-bond acceptors (Lipinski definition) is 4. The third kappa shape index (κ3) is 3.97. The number of sulfonamides is 1. The lowest BCUT2D eigenvalue weighted by atomic mass is 10.2. The molecule has 3 N–H and O–H groups in total. The minimum atomic E-state index is -3.65. The van der Waals surface area contributed by atoms with Gasteiger partial charge in [0.1, 0.15) is 6.07 Å². The van der Waals surface area contributed by atoms with E-state index in [1.807, 2.05) is 6.07 Å². The molecule has 0 saturated heterocycles. The number of nitrogens with one attached hydrogen (secondary N) is 1. The third-order valence-electron chi connectivity index (χ3n) is 2.77. The summed E-state index contributed by atoms with van der Waals surface area (Å²) in [6.45, 7) is 0. The summed E-state index contributed by atoms with van der Waals surface area (Å²) in [6.07, 6.45) is 0. The maximum Gasteiger partial charge on any atom is 0.237 e. The number of benzene rings is 2. The second kappa shape index (κ2) is 6.16. The minimum absolute atomic E-state index is 0.244. The first-order valence-corrected chi connectivity index (χ1v) is 8.39. The van der Waals surface area contributed by atoms with Crippen LogP contribution >= 0.6 is 15.9 Å². The Labute approximate surface area is 131 Å². The van der Waals surface area contributed by atoms with Crippen LogP contribution in [0.25, 0.3) is 0 Å². The van der Waals surface area contributed by atoms with E-state index in [9.17, 15) is 8.42 Å². The van der Waals surface area contributed by atoms with Crippen LogP contribution in [0.5, 0.6) is 0 Å². The third-order valence-corrected chi connectivity index (χ3v) is 4.48. The molecule has 7 heteroatoms. The average molecular weight is 366 g/mol. The summed E-state index contributed by atoms with van der Waals surface area (Å²) in [7, 11) is -3.65. The van der Waals surface area contributed by atoms with E-state index in [0.717, 1.165) is 0 Å². The fourth-order valence-corrected chi connectivity index (χ4v) is 3.39. The first-order valence-electron chi connectivity index (χ1n) is 5.95. The van der Waals surface area contributed by atoms with Crippen LogP contribution in [0.4, 0.5) is 11.4 Å². The molecule has 2 rings (SSSR count). The lowest BCUT2D eigenvalue weighted by Gasteiger charge is -2.11. The predicted molar refractivity (Wildman–Crippen MR) is 86.0 cm³/mol. The van der Waals surface area contributed by atoms with Gasteiger partial charge in [-0.25, -0.2) is 8.42 Å². The molecule has 0 bridgehead atoms. The summed E-state index contributed by atoms with van der Waals surface area (Å²) in [5, 5.41) is 9.05. The molecule has 0 heterocycles. The molecule has 108 valence electrons. The molecule has 0 spiro atoms. The van der Waals surface area contributed by atoms with Crippen molar-refractivity contribution in [2.45, 2.75) is 5.75 Å². The van der Waals surface area contributed by atoms with Crippen molar-refractivity contribution in [3.8, 4) is 6.07 Å². The van der Waals surface area contributed by atoms with Gasteiger partial charge in [-0.3, -0.25) is 4.72 Å². The van der Waals surface area contributed by atoms with Gasteiger partial charge in [0, 0.05) is 10.2 Å². The zero-order chi connectivity index (χ0) is 15.5. The second-order valence-electron chi connectivity index (χ2n) is 4.36. The Hall–Kier alpha value is -2.04. The molecule has 0 unspecified atom stereocenters. The van der Waals surface area contributed by atoms with Crippen LogP contribution < -0.4 is 10.5 Å². The number of halogens is 1.